The molecule has 0 bridgehead atoms. The number of nitrogens with zero attached hydrogens (tertiary/aromatic N) is 1. The fourth-order valence-corrected chi connectivity index (χ4v) is 3.05. The van der Waals surface area contributed by atoms with Gasteiger partial charge < -0.3 is 15.0 Å². The van der Waals surface area contributed by atoms with Gasteiger partial charge in [-0.1, -0.05) is 0 Å². The molecule has 0 radical (unpaired) electrons. The zero-order valence-corrected chi connectivity index (χ0v) is 11.6. The molecule has 0 aromatic rings. The van der Waals surface area contributed by atoms with Crippen LogP contribution in [0.3, 0.4) is 0 Å². The molecule has 0 aromatic carbocycles. The topological polar surface area (TPSA) is 24.5 Å². The second kappa shape index (κ2) is 6.17. The standard InChI is InChI=1S/C14H28N2O/c1-11(2)16-8-4-5-13(6-9-16)15-14-7-10-17-12(14)3/h11-15H,4-10H2,1-3H3. The van der Waals surface area contributed by atoms with E-state index in [2.05, 4.69) is 31.0 Å². The van der Waals surface area contributed by atoms with Crippen LogP contribution in [0.4, 0.5) is 0 Å². The van der Waals surface area contributed by atoms with Crippen molar-refractivity contribution in [2.45, 2.75) is 70.7 Å². The number of rotatable bonds is 3. The van der Waals surface area contributed by atoms with Crippen LogP contribution in [0.1, 0.15) is 46.5 Å². The minimum absolute atomic E-state index is 0.402. The van der Waals surface area contributed by atoms with Crippen LogP contribution < -0.4 is 5.32 Å². The summed E-state index contributed by atoms with van der Waals surface area (Å²) in [6.07, 6.45) is 5.54. The second-order valence-corrected chi connectivity index (χ2v) is 5.90. The normalized spacial score (nSPS) is 36.4. The zero-order valence-electron chi connectivity index (χ0n) is 11.6. The summed E-state index contributed by atoms with van der Waals surface area (Å²) in [7, 11) is 0. The van der Waals surface area contributed by atoms with Gasteiger partial charge in [0.2, 0.25) is 0 Å². The monoisotopic (exact) mass is 240 g/mol. The molecule has 0 saturated carbocycles. The molecule has 2 fully saturated rings. The quantitative estimate of drug-likeness (QED) is 0.817. The Morgan fingerprint density at radius 2 is 2.00 bits per heavy atom. The van der Waals surface area contributed by atoms with E-state index in [1.165, 1.54) is 38.8 Å². The molecule has 100 valence electrons. The van der Waals surface area contributed by atoms with E-state index in [0.717, 1.165) is 6.61 Å². The lowest BCUT2D eigenvalue weighted by Crippen LogP contribution is -2.42. The lowest BCUT2D eigenvalue weighted by atomic mass is 10.1. The summed E-state index contributed by atoms with van der Waals surface area (Å²) in [6, 6.07) is 1.99. The third-order valence-electron chi connectivity index (χ3n) is 4.32. The first-order valence-electron chi connectivity index (χ1n) is 7.28. The van der Waals surface area contributed by atoms with Crippen molar-refractivity contribution in [3.63, 3.8) is 0 Å². The van der Waals surface area contributed by atoms with Crippen LogP contribution in [-0.4, -0.2) is 48.8 Å². The molecule has 3 nitrogen and oxygen atoms in total. The van der Waals surface area contributed by atoms with Crippen molar-refractivity contribution in [2.75, 3.05) is 19.7 Å². The fourth-order valence-electron chi connectivity index (χ4n) is 3.05. The first kappa shape index (κ1) is 13.3. The van der Waals surface area contributed by atoms with E-state index < -0.39 is 0 Å². The van der Waals surface area contributed by atoms with Gasteiger partial charge in [-0.05, 0) is 59.5 Å². The molecule has 3 heteroatoms. The van der Waals surface area contributed by atoms with E-state index in [0.29, 0.717) is 24.2 Å². The van der Waals surface area contributed by atoms with E-state index in [1.54, 1.807) is 0 Å². The maximum Gasteiger partial charge on any atom is 0.0700 e. The predicted octanol–water partition coefficient (Wildman–Crippen LogP) is 2.02. The number of hydrogen-bond acceptors (Lipinski definition) is 3. The molecule has 2 heterocycles. The summed E-state index contributed by atoms with van der Waals surface area (Å²) < 4.78 is 5.62. The summed E-state index contributed by atoms with van der Waals surface area (Å²) >= 11 is 0. The molecule has 1 N–H and O–H groups in total. The molecule has 0 amide bonds. The van der Waals surface area contributed by atoms with Crippen LogP contribution in [-0.2, 0) is 4.74 Å². The van der Waals surface area contributed by atoms with Gasteiger partial charge in [0.15, 0.2) is 0 Å². The number of hydrogen-bond donors (Lipinski definition) is 1. The van der Waals surface area contributed by atoms with E-state index in [9.17, 15) is 0 Å². The Balaban J connectivity index is 1.78. The lowest BCUT2D eigenvalue weighted by molar-refractivity contribution is 0.110. The number of ether oxygens (including phenoxy) is 1. The van der Waals surface area contributed by atoms with Gasteiger partial charge in [-0.2, -0.15) is 0 Å². The van der Waals surface area contributed by atoms with E-state index in [4.69, 9.17) is 4.74 Å². The Morgan fingerprint density at radius 3 is 2.65 bits per heavy atom. The maximum atomic E-state index is 5.62. The molecule has 2 saturated heterocycles. The molecule has 3 atom stereocenters. The lowest BCUT2D eigenvalue weighted by Gasteiger charge is -2.25. The van der Waals surface area contributed by atoms with Crippen molar-refractivity contribution < 1.29 is 4.74 Å². The molecular weight excluding hydrogens is 212 g/mol. The van der Waals surface area contributed by atoms with E-state index >= 15 is 0 Å². The van der Waals surface area contributed by atoms with Crippen molar-refractivity contribution in [1.29, 1.82) is 0 Å². The molecule has 0 aliphatic carbocycles. The molecule has 0 spiro atoms. The van der Waals surface area contributed by atoms with Gasteiger partial charge in [0.1, 0.15) is 0 Å². The van der Waals surface area contributed by atoms with Crippen LogP contribution >= 0.6 is 0 Å². The van der Waals surface area contributed by atoms with Gasteiger partial charge in [0, 0.05) is 24.7 Å². The highest BCUT2D eigenvalue weighted by Crippen LogP contribution is 2.18. The Morgan fingerprint density at radius 1 is 1.18 bits per heavy atom. The number of nitrogens with one attached hydrogen (secondary N) is 1. The minimum Gasteiger partial charge on any atom is -0.377 e. The highest BCUT2D eigenvalue weighted by atomic mass is 16.5. The molecule has 17 heavy (non-hydrogen) atoms. The van der Waals surface area contributed by atoms with Gasteiger partial charge >= 0.3 is 0 Å². The van der Waals surface area contributed by atoms with Crippen molar-refractivity contribution >= 4 is 0 Å². The molecule has 2 aliphatic rings. The van der Waals surface area contributed by atoms with E-state index in [1.807, 2.05) is 0 Å². The van der Waals surface area contributed by atoms with Crippen LogP contribution in [0.5, 0.6) is 0 Å². The van der Waals surface area contributed by atoms with Crippen molar-refractivity contribution in [3.05, 3.63) is 0 Å². The van der Waals surface area contributed by atoms with Gasteiger partial charge in [-0.25, -0.2) is 0 Å². The van der Waals surface area contributed by atoms with Crippen LogP contribution in [0.15, 0.2) is 0 Å². The zero-order chi connectivity index (χ0) is 12.3. The highest BCUT2D eigenvalue weighted by molar-refractivity contribution is 4.85. The maximum absolute atomic E-state index is 5.62. The second-order valence-electron chi connectivity index (χ2n) is 5.90. The summed E-state index contributed by atoms with van der Waals surface area (Å²) in [5.74, 6) is 0. The average molecular weight is 240 g/mol. The van der Waals surface area contributed by atoms with Crippen molar-refractivity contribution in [3.8, 4) is 0 Å². The smallest absolute Gasteiger partial charge is 0.0700 e. The van der Waals surface area contributed by atoms with Crippen LogP contribution in [0, 0.1) is 0 Å². The van der Waals surface area contributed by atoms with Crippen LogP contribution in [0.25, 0.3) is 0 Å². The molecule has 2 aliphatic heterocycles. The molecule has 2 rings (SSSR count). The fraction of sp³-hybridized carbons (Fsp3) is 1.00. The Bertz CT molecular complexity index is 232. The van der Waals surface area contributed by atoms with Gasteiger partial charge in [0.05, 0.1) is 6.10 Å². The number of likely N-dealkylation sites (tertiary alicyclic amines) is 1. The summed E-state index contributed by atoms with van der Waals surface area (Å²) in [5.41, 5.74) is 0. The van der Waals surface area contributed by atoms with E-state index in [-0.39, 0.29) is 0 Å². The SMILES string of the molecule is CC1OCCC1NC1CCCN(C(C)C)CC1. The summed E-state index contributed by atoms with van der Waals surface area (Å²) in [4.78, 5) is 2.61. The van der Waals surface area contributed by atoms with Crippen molar-refractivity contribution in [1.82, 2.24) is 10.2 Å². The van der Waals surface area contributed by atoms with Crippen LogP contribution in [0.2, 0.25) is 0 Å². The first-order valence-corrected chi connectivity index (χ1v) is 7.28. The molecule has 3 unspecified atom stereocenters. The Kier molecular flexibility index (Phi) is 4.83. The Hall–Kier alpha value is -0.120. The average Bonchev–Trinajstić information content (AvgIpc) is 2.55. The Labute approximate surface area is 106 Å². The van der Waals surface area contributed by atoms with Gasteiger partial charge in [-0.15, -0.1) is 0 Å². The first-order chi connectivity index (χ1) is 8.16. The minimum atomic E-state index is 0.402. The molecule has 0 aromatic heterocycles. The summed E-state index contributed by atoms with van der Waals surface area (Å²) in [5, 5.41) is 3.82. The van der Waals surface area contributed by atoms with Crippen molar-refractivity contribution in [2.24, 2.45) is 0 Å². The summed E-state index contributed by atoms with van der Waals surface area (Å²) in [6.45, 7) is 10.3. The third kappa shape index (κ3) is 3.67. The third-order valence-corrected chi connectivity index (χ3v) is 4.32. The van der Waals surface area contributed by atoms with Gasteiger partial charge in [0.25, 0.3) is 0 Å². The predicted molar refractivity (Wildman–Crippen MR) is 71.3 cm³/mol. The molecular formula is C14H28N2O. The van der Waals surface area contributed by atoms with Gasteiger partial charge in [-0.3, -0.25) is 0 Å². The largest absolute Gasteiger partial charge is 0.377 e. The highest BCUT2D eigenvalue weighted by Gasteiger charge is 2.27.